The van der Waals surface area contributed by atoms with E-state index >= 15 is 0 Å². The zero-order valence-corrected chi connectivity index (χ0v) is 11.4. The Bertz CT molecular complexity index is 190. The number of likely N-dealkylation sites (tertiary alicyclic amines) is 1. The molecule has 102 valence electrons. The van der Waals surface area contributed by atoms with Gasteiger partial charge in [-0.2, -0.15) is 0 Å². The lowest BCUT2D eigenvalue weighted by Gasteiger charge is -2.36. The molecule has 1 rings (SSSR count). The molecule has 2 atom stereocenters. The van der Waals surface area contributed by atoms with E-state index in [4.69, 9.17) is 15.2 Å². The Morgan fingerprint density at radius 1 is 1.29 bits per heavy atom. The van der Waals surface area contributed by atoms with E-state index in [2.05, 4.69) is 11.8 Å². The first kappa shape index (κ1) is 14.9. The fourth-order valence-electron chi connectivity index (χ4n) is 2.40. The standard InChI is InChI=1S/C13H28N2O2/c1-3-12-11-15(7-5-13(12)14)6-4-8-17-10-9-16-2/h12-13H,3-11,14H2,1-2H3. The highest BCUT2D eigenvalue weighted by Gasteiger charge is 2.24. The van der Waals surface area contributed by atoms with Gasteiger partial charge in [0.2, 0.25) is 0 Å². The third kappa shape index (κ3) is 5.82. The average molecular weight is 244 g/mol. The highest BCUT2D eigenvalue weighted by Crippen LogP contribution is 2.18. The summed E-state index contributed by atoms with van der Waals surface area (Å²) >= 11 is 0. The summed E-state index contributed by atoms with van der Waals surface area (Å²) in [6.07, 6.45) is 3.44. The van der Waals surface area contributed by atoms with Gasteiger partial charge in [-0.1, -0.05) is 13.3 Å². The number of nitrogens with two attached hydrogens (primary N) is 1. The van der Waals surface area contributed by atoms with Crippen LogP contribution in [0.4, 0.5) is 0 Å². The smallest absolute Gasteiger partial charge is 0.0700 e. The number of methoxy groups -OCH3 is 1. The van der Waals surface area contributed by atoms with Crippen LogP contribution in [0, 0.1) is 5.92 Å². The van der Waals surface area contributed by atoms with Crippen LogP contribution in [0.3, 0.4) is 0 Å². The third-order valence-electron chi connectivity index (χ3n) is 3.60. The minimum atomic E-state index is 0.411. The molecule has 4 nitrogen and oxygen atoms in total. The van der Waals surface area contributed by atoms with Crippen LogP contribution in [-0.4, -0.2) is 57.5 Å². The zero-order valence-electron chi connectivity index (χ0n) is 11.4. The van der Waals surface area contributed by atoms with Gasteiger partial charge in [-0.15, -0.1) is 0 Å². The summed E-state index contributed by atoms with van der Waals surface area (Å²) in [4.78, 5) is 2.53. The van der Waals surface area contributed by atoms with Crippen molar-refractivity contribution < 1.29 is 9.47 Å². The maximum absolute atomic E-state index is 6.10. The highest BCUT2D eigenvalue weighted by atomic mass is 16.5. The van der Waals surface area contributed by atoms with Crippen LogP contribution in [0.5, 0.6) is 0 Å². The summed E-state index contributed by atoms with van der Waals surface area (Å²) in [5, 5.41) is 0. The first-order valence-corrected chi connectivity index (χ1v) is 6.82. The van der Waals surface area contributed by atoms with E-state index in [9.17, 15) is 0 Å². The van der Waals surface area contributed by atoms with Crippen molar-refractivity contribution in [2.24, 2.45) is 11.7 Å². The summed E-state index contributed by atoms with van der Waals surface area (Å²) in [6, 6.07) is 0.411. The number of hydrogen-bond acceptors (Lipinski definition) is 4. The molecule has 0 saturated carbocycles. The summed E-state index contributed by atoms with van der Waals surface area (Å²) < 4.78 is 10.4. The molecule has 1 heterocycles. The summed E-state index contributed by atoms with van der Waals surface area (Å²) in [5.41, 5.74) is 6.10. The number of piperidine rings is 1. The van der Waals surface area contributed by atoms with Crippen LogP contribution in [0.1, 0.15) is 26.2 Å². The fraction of sp³-hybridized carbons (Fsp3) is 1.00. The largest absolute Gasteiger partial charge is 0.382 e. The van der Waals surface area contributed by atoms with E-state index in [-0.39, 0.29) is 0 Å². The first-order chi connectivity index (χ1) is 8.27. The topological polar surface area (TPSA) is 47.7 Å². The minimum Gasteiger partial charge on any atom is -0.382 e. The van der Waals surface area contributed by atoms with Crippen LogP contribution in [-0.2, 0) is 9.47 Å². The number of ether oxygens (including phenoxy) is 2. The Hall–Kier alpha value is -0.160. The van der Waals surface area contributed by atoms with Gasteiger partial charge >= 0.3 is 0 Å². The van der Waals surface area contributed by atoms with Gasteiger partial charge in [0.1, 0.15) is 0 Å². The van der Waals surface area contributed by atoms with Gasteiger partial charge < -0.3 is 20.1 Å². The van der Waals surface area contributed by atoms with Gasteiger partial charge in [0.15, 0.2) is 0 Å². The molecule has 0 aromatic heterocycles. The second-order valence-corrected chi connectivity index (χ2v) is 4.88. The maximum atomic E-state index is 6.10. The van der Waals surface area contributed by atoms with Crippen molar-refractivity contribution in [3.05, 3.63) is 0 Å². The molecule has 1 fully saturated rings. The van der Waals surface area contributed by atoms with Crippen molar-refractivity contribution in [2.75, 3.05) is 46.6 Å². The fourth-order valence-corrected chi connectivity index (χ4v) is 2.40. The Morgan fingerprint density at radius 3 is 2.82 bits per heavy atom. The molecule has 0 spiro atoms. The Morgan fingerprint density at radius 2 is 2.12 bits per heavy atom. The average Bonchev–Trinajstić information content (AvgIpc) is 2.35. The molecule has 1 saturated heterocycles. The van der Waals surface area contributed by atoms with Gasteiger partial charge in [-0.3, -0.25) is 0 Å². The molecule has 4 heteroatoms. The van der Waals surface area contributed by atoms with Crippen molar-refractivity contribution in [2.45, 2.75) is 32.2 Å². The van der Waals surface area contributed by atoms with Gasteiger partial charge in [0.05, 0.1) is 13.2 Å². The molecule has 2 N–H and O–H groups in total. The first-order valence-electron chi connectivity index (χ1n) is 6.82. The van der Waals surface area contributed by atoms with Gasteiger partial charge in [0, 0.05) is 32.8 Å². The van der Waals surface area contributed by atoms with Crippen LogP contribution in [0.2, 0.25) is 0 Å². The Balaban J connectivity index is 2.03. The Labute approximate surface area is 105 Å². The van der Waals surface area contributed by atoms with Gasteiger partial charge in [0.25, 0.3) is 0 Å². The Kier molecular flexibility index (Phi) is 7.77. The van der Waals surface area contributed by atoms with Crippen LogP contribution >= 0.6 is 0 Å². The van der Waals surface area contributed by atoms with Crippen LogP contribution in [0.15, 0.2) is 0 Å². The van der Waals surface area contributed by atoms with Crippen molar-refractivity contribution in [1.82, 2.24) is 4.90 Å². The van der Waals surface area contributed by atoms with Crippen molar-refractivity contribution in [3.8, 4) is 0 Å². The highest BCUT2D eigenvalue weighted by molar-refractivity contribution is 4.81. The number of hydrogen-bond donors (Lipinski definition) is 1. The van der Waals surface area contributed by atoms with Crippen LogP contribution in [0.25, 0.3) is 0 Å². The number of nitrogens with zero attached hydrogens (tertiary/aromatic N) is 1. The lowest BCUT2D eigenvalue weighted by Crippen LogP contribution is -2.47. The summed E-state index contributed by atoms with van der Waals surface area (Å²) in [5.74, 6) is 0.679. The number of rotatable bonds is 8. The van der Waals surface area contributed by atoms with Crippen molar-refractivity contribution >= 4 is 0 Å². The molecule has 0 amide bonds. The molecule has 0 aromatic rings. The molecule has 17 heavy (non-hydrogen) atoms. The molecular formula is C13H28N2O2. The second kappa shape index (κ2) is 8.86. The van der Waals surface area contributed by atoms with E-state index in [1.807, 2.05) is 0 Å². The zero-order chi connectivity index (χ0) is 12.5. The molecule has 1 aliphatic rings. The molecule has 1 aliphatic heterocycles. The molecule has 0 radical (unpaired) electrons. The van der Waals surface area contributed by atoms with Crippen LogP contribution < -0.4 is 5.73 Å². The second-order valence-electron chi connectivity index (χ2n) is 4.88. The van der Waals surface area contributed by atoms with E-state index in [1.54, 1.807) is 7.11 Å². The quantitative estimate of drug-likeness (QED) is 0.650. The van der Waals surface area contributed by atoms with E-state index in [0.717, 1.165) is 39.1 Å². The van der Waals surface area contributed by atoms with E-state index < -0.39 is 0 Å². The summed E-state index contributed by atoms with van der Waals surface area (Å²) in [6.45, 7) is 7.92. The van der Waals surface area contributed by atoms with Gasteiger partial charge in [-0.05, 0) is 25.3 Å². The molecule has 0 aliphatic carbocycles. The van der Waals surface area contributed by atoms with Crippen molar-refractivity contribution in [3.63, 3.8) is 0 Å². The van der Waals surface area contributed by atoms with E-state index in [0.29, 0.717) is 25.2 Å². The van der Waals surface area contributed by atoms with Crippen molar-refractivity contribution in [1.29, 1.82) is 0 Å². The molecule has 0 bridgehead atoms. The molecular weight excluding hydrogens is 216 g/mol. The maximum Gasteiger partial charge on any atom is 0.0700 e. The third-order valence-corrected chi connectivity index (χ3v) is 3.60. The molecule has 0 aromatic carbocycles. The SMILES string of the molecule is CCC1CN(CCCOCCOC)CCC1N. The lowest BCUT2D eigenvalue weighted by molar-refractivity contribution is 0.0613. The lowest BCUT2D eigenvalue weighted by atomic mass is 9.91. The predicted octanol–water partition coefficient (Wildman–Crippen LogP) is 1.10. The van der Waals surface area contributed by atoms with E-state index in [1.165, 1.54) is 6.42 Å². The van der Waals surface area contributed by atoms with Gasteiger partial charge in [-0.25, -0.2) is 0 Å². The monoisotopic (exact) mass is 244 g/mol. The molecule has 2 unspecified atom stereocenters. The normalized spacial score (nSPS) is 26.3. The summed E-state index contributed by atoms with van der Waals surface area (Å²) in [7, 11) is 1.70. The predicted molar refractivity (Wildman–Crippen MR) is 70.1 cm³/mol. The minimum absolute atomic E-state index is 0.411.